The van der Waals surface area contributed by atoms with E-state index >= 15 is 0 Å². The Bertz CT molecular complexity index is 4170. The van der Waals surface area contributed by atoms with E-state index in [0.717, 1.165) is 60.4 Å². The van der Waals surface area contributed by atoms with Crippen LogP contribution in [0, 0.1) is 11.6 Å². The Morgan fingerprint density at radius 3 is 1.35 bits per heavy atom. The zero-order valence-electron chi connectivity index (χ0n) is 52.7. The third kappa shape index (κ3) is 17.8. The number of rotatable bonds is 31. The maximum atomic E-state index is 13.7. The molecule has 2 fully saturated rings. The number of fused-ring (bicyclic) bond motifs is 2. The van der Waals surface area contributed by atoms with E-state index in [1.54, 1.807) is 43.3 Å². The highest BCUT2D eigenvalue weighted by atomic mass is 32.2. The molecule has 0 bridgehead atoms. The number of hydrogen-bond acceptors (Lipinski definition) is 16. The SMILES string of the molecule is CCOC(=O)c1cccc(CCOCCOCCN(c2cc3oc(-c4ccc(F)cc4)c(C(=O)NC)c3cc2C2CC2)S(C)(=O)=O)c1.CNC(=O)c1c(-c2ccc(F)cc2)oc2cc(N(CCOCCOCCc3ccc(C(=O)OC)cc3)S(C)(=O)=O)c(C3CC3)cc12. The first-order chi connectivity index (χ1) is 44.7. The number of esters is 2. The van der Waals surface area contributed by atoms with Crippen LogP contribution in [0.15, 0.2) is 130 Å². The number of amides is 2. The smallest absolute Gasteiger partial charge is 0.338 e. The molecule has 0 spiro atoms. The lowest BCUT2D eigenvalue weighted by Crippen LogP contribution is -2.34. The molecule has 24 heteroatoms. The fourth-order valence-electron chi connectivity index (χ4n) is 10.7. The predicted molar refractivity (Wildman–Crippen MR) is 349 cm³/mol. The van der Waals surface area contributed by atoms with Crippen molar-refractivity contribution in [3.05, 3.63) is 177 Å². The van der Waals surface area contributed by atoms with Gasteiger partial charge in [-0.15, -0.1) is 0 Å². The fraction of sp³-hybridized carbons (Fsp3) is 0.362. The number of carbonyl (C=O) groups is 4. The predicted octanol–water partition coefficient (Wildman–Crippen LogP) is 11.0. The van der Waals surface area contributed by atoms with Crippen LogP contribution in [0.1, 0.15) is 108 Å². The van der Waals surface area contributed by atoms with Crippen LogP contribution >= 0.6 is 0 Å². The number of ether oxygens (including phenoxy) is 6. The van der Waals surface area contributed by atoms with Gasteiger partial charge < -0.3 is 47.9 Å². The van der Waals surface area contributed by atoms with Crippen molar-refractivity contribution >= 4 is 77.1 Å². The highest BCUT2D eigenvalue weighted by Gasteiger charge is 2.35. The van der Waals surface area contributed by atoms with Gasteiger partial charge in [0.1, 0.15) is 34.3 Å². The summed E-state index contributed by atoms with van der Waals surface area (Å²) in [5.41, 5.74) is 7.92. The van der Waals surface area contributed by atoms with Crippen molar-refractivity contribution in [1.82, 2.24) is 10.6 Å². The van der Waals surface area contributed by atoms with Gasteiger partial charge in [0.2, 0.25) is 20.0 Å². The van der Waals surface area contributed by atoms with Gasteiger partial charge in [0.25, 0.3) is 11.8 Å². The molecule has 2 aliphatic rings. The molecular formula is C69H76F2N4O16S2. The number of carbonyl (C=O) groups excluding carboxylic acids is 4. The summed E-state index contributed by atoms with van der Waals surface area (Å²) in [4.78, 5) is 49.6. The third-order valence-electron chi connectivity index (χ3n) is 15.7. The van der Waals surface area contributed by atoms with Crippen LogP contribution in [0.5, 0.6) is 0 Å². The molecule has 93 heavy (non-hydrogen) atoms. The van der Waals surface area contributed by atoms with E-state index in [1.807, 2.05) is 36.4 Å². The number of halogens is 2. The summed E-state index contributed by atoms with van der Waals surface area (Å²) in [7, 11) is -3.04. The van der Waals surface area contributed by atoms with Crippen molar-refractivity contribution in [2.75, 3.05) is 115 Å². The van der Waals surface area contributed by atoms with E-state index in [0.29, 0.717) is 113 Å². The van der Waals surface area contributed by atoms with Crippen LogP contribution in [-0.2, 0) is 61.3 Å². The summed E-state index contributed by atoms with van der Waals surface area (Å²) in [6, 6.07) is 32.7. The number of anilines is 2. The first kappa shape index (κ1) is 68.8. The summed E-state index contributed by atoms with van der Waals surface area (Å²) < 4.78 is 127. The Morgan fingerprint density at radius 1 is 0.527 bits per heavy atom. The summed E-state index contributed by atoms with van der Waals surface area (Å²) in [5.74, 6) is -1.45. The Kier molecular flexibility index (Phi) is 23.2. The number of nitrogens with zero attached hydrogens (tertiary/aromatic N) is 2. The van der Waals surface area contributed by atoms with Crippen LogP contribution in [0.3, 0.4) is 0 Å². The monoisotopic (exact) mass is 1320 g/mol. The first-order valence-electron chi connectivity index (χ1n) is 30.6. The minimum Gasteiger partial charge on any atom is -0.465 e. The van der Waals surface area contributed by atoms with Gasteiger partial charge in [-0.1, -0.05) is 24.3 Å². The van der Waals surface area contributed by atoms with Gasteiger partial charge in [0.15, 0.2) is 0 Å². The molecule has 0 radical (unpaired) electrons. The lowest BCUT2D eigenvalue weighted by Gasteiger charge is -2.25. The molecule has 2 amide bonds. The lowest BCUT2D eigenvalue weighted by atomic mass is 10.0. The van der Waals surface area contributed by atoms with Crippen molar-refractivity contribution in [3.8, 4) is 22.6 Å². The quantitative estimate of drug-likeness (QED) is 0.0303. The molecule has 20 nitrogen and oxygen atoms in total. The Morgan fingerprint density at radius 2 is 0.957 bits per heavy atom. The van der Waals surface area contributed by atoms with Crippen LogP contribution in [0.4, 0.5) is 20.2 Å². The fourth-order valence-corrected chi connectivity index (χ4v) is 12.6. The molecule has 2 aromatic heterocycles. The van der Waals surface area contributed by atoms with Crippen LogP contribution in [-0.4, -0.2) is 147 Å². The summed E-state index contributed by atoms with van der Waals surface area (Å²) >= 11 is 0. The van der Waals surface area contributed by atoms with E-state index in [4.69, 9.17) is 37.3 Å². The highest BCUT2D eigenvalue weighted by Crippen LogP contribution is 2.50. The average molecular weight is 1320 g/mol. The maximum Gasteiger partial charge on any atom is 0.338 e. The molecule has 494 valence electrons. The van der Waals surface area contributed by atoms with Gasteiger partial charge in [-0.05, 0) is 164 Å². The molecule has 10 rings (SSSR count). The normalized spacial score (nSPS) is 13.1. The number of benzene rings is 6. The topological polar surface area (TPSA) is 249 Å². The van der Waals surface area contributed by atoms with Gasteiger partial charge in [-0.3, -0.25) is 18.2 Å². The van der Waals surface area contributed by atoms with Gasteiger partial charge in [-0.25, -0.2) is 35.2 Å². The van der Waals surface area contributed by atoms with Crippen molar-refractivity contribution < 1.29 is 82.1 Å². The van der Waals surface area contributed by atoms with Gasteiger partial charge in [0, 0.05) is 48.1 Å². The lowest BCUT2D eigenvalue weighted by molar-refractivity contribution is 0.0516. The zero-order valence-corrected chi connectivity index (χ0v) is 54.4. The molecule has 2 saturated carbocycles. The molecule has 2 heterocycles. The summed E-state index contributed by atoms with van der Waals surface area (Å²) in [6.07, 6.45) is 7.16. The molecule has 0 atom stereocenters. The second kappa shape index (κ2) is 31.4. The summed E-state index contributed by atoms with van der Waals surface area (Å²) in [5, 5.41) is 6.43. The van der Waals surface area contributed by atoms with Gasteiger partial charge in [-0.2, -0.15) is 0 Å². The number of nitrogens with one attached hydrogen (secondary N) is 2. The molecule has 0 aliphatic heterocycles. The van der Waals surface area contributed by atoms with E-state index in [1.165, 1.54) is 78.3 Å². The molecule has 6 aromatic carbocycles. The number of furan rings is 2. The van der Waals surface area contributed by atoms with E-state index in [2.05, 4.69) is 10.6 Å². The number of methoxy groups -OCH3 is 1. The van der Waals surface area contributed by atoms with E-state index in [9.17, 15) is 44.8 Å². The zero-order chi connectivity index (χ0) is 66.4. The molecular weight excluding hydrogens is 1240 g/mol. The Balaban J connectivity index is 0.000000219. The van der Waals surface area contributed by atoms with Crippen LogP contribution in [0.2, 0.25) is 0 Å². The third-order valence-corrected chi connectivity index (χ3v) is 18.0. The molecule has 2 aliphatic carbocycles. The van der Waals surface area contributed by atoms with Crippen LogP contribution in [0.25, 0.3) is 44.6 Å². The molecule has 8 aromatic rings. The average Bonchev–Trinajstić information content (AvgIpc) is 1.62. The molecule has 0 unspecified atom stereocenters. The van der Waals surface area contributed by atoms with Crippen molar-refractivity contribution in [3.63, 3.8) is 0 Å². The van der Waals surface area contributed by atoms with Crippen molar-refractivity contribution in [2.45, 2.75) is 57.3 Å². The number of sulfonamides is 2. The second-order valence-corrected chi connectivity index (χ2v) is 26.2. The van der Waals surface area contributed by atoms with E-state index < -0.39 is 31.7 Å². The number of hydrogen-bond donors (Lipinski definition) is 2. The minimum atomic E-state index is -3.72. The second-order valence-electron chi connectivity index (χ2n) is 22.4. The van der Waals surface area contributed by atoms with E-state index in [-0.39, 0.29) is 86.6 Å². The highest BCUT2D eigenvalue weighted by molar-refractivity contribution is 7.92. The van der Waals surface area contributed by atoms with Crippen LogP contribution < -0.4 is 19.2 Å². The summed E-state index contributed by atoms with van der Waals surface area (Å²) in [6.45, 7) is 4.57. The molecule has 2 N–H and O–H groups in total. The Hall–Kier alpha value is -8.52. The van der Waals surface area contributed by atoms with Crippen molar-refractivity contribution in [2.24, 2.45) is 0 Å². The standard InChI is InChI=1S/C35H39FN2O8S.C34H37FN2O8S/c1-4-45-35(40)26-7-5-6-23(20-26)14-16-43-18-19-44-17-15-38(47(3,41)42)30-22-31-29(21-28(30)24-8-9-24)32(34(39)37-2)33(46-31)25-10-12-27(36)13-11-25;1-36-33(38)31-28-20-27(23-8-9-23)29(21-30(28)45-32(31)24-10-12-26(35)13-11-24)37(46(3,40)41)15-17-44-19-18-43-16-14-22-4-6-25(7-5-22)34(39)42-2/h5-7,10-13,20-22,24H,4,8-9,14-19H2,1-3H3,(H,37,39);4-7,10-13,20-21,23H,8-9,14-19H2,1-3H3,(H,36,38). The molecule has 0 saturated heterocycles. The maximum absolute atomic E-state index is 13.7. The van der Waals surface area contributed by atoms with Gasteiger partial charge >= 0.3 is 11.9 Å². The minimum absolute atomic E-state index is 0.0680. The first-order valence-corrected chi connectivity index (χ1v) is 34.3. The van der Waals surface area contributed by atoms with Gasteiger partial charge in [0.05, 0.1) is 126 Å². The largest absolute Gasteiger partial charge is 0.465 e. The Labute approximate surface area is 539 Å². The van der Waals surface area contributed by atoms with Crippen molar-refractivity contribution in [1.29, 1.82) is 0 Å².